The van der Waals surface area contributed by atoms with E-state index < -0.39 is 0 Å². The Morgan fingerprint density at radius 2 is 2.19 bits per heavy atom. The van der Waals surface area contributed by atoms with Crippen molar-refractivity contribution in [3.8, 4) is 11.6 Å². The molecule has 1 unspecified atom stereocenters. The van der Waals surface area contributed by atoms with Crippen LogP contribution in [0.25, 0.3) is 0 Å². The van der Waals surface area contributed by atoms with Gasteiger partial charge >= 0.3 is 0 Å². The highest BCUT2D eigenvalue weighted by Crippen LogP contribution is 2.31. The molecular weight excluding hydrogens is 204 g/mol. The van der Waals surface area contributed by atoms with Gasteiger partial charge in [-0.3, -0.25) is 0 Å². The first-order valence-electron chi connectivity index (χ1n) is 5.66. The second kappa shape index (κ2) is 5.16. The van der Waals surface area contributed by atoms with Crippen molar-refractivity contribution in [1.82, 2.24) is 10.3 Å². The second-order valence-electron chi connectivity index (χ2n) is 3.97. The normalized spacial score (nSPS) is 20.5. The summed E-state index contributed by atoms with van der Waals surface area (Å²) in [5, 5.41) is 3.49. The number of nitrogens with zero attached hydrogens (tertiary/aromatic N) is 1. The summed E-state index contributed by atoms with van der Waals surface area (Å²) in [6.07, 6.45) is 5.50. The lowest BCUT2D eigenvalue weighted by Crippen LogP contribution is -2.27. The van der Waals surface area contributed by atoms with E-state index in [9.17, 15) is 0 Å². The molecule has 2 heterocycles. The van der Waals surface area contributed by atoms with Crippen LogP contribution in [0.15, 0.2) is 12.3 Å². The van der Waals surface area contributed by atoms with Crippen LogP contribution in [0, 0.1) is 0 Å². The fourth-order valence-electron chi connectivity index (χ4n) is 2.10. The van der Waals surface area contributed by atoms with Crippen LogP contribution in [-0.4, -0.2) is 25.7 Å². The summed E-state index contributed by atoms with van der Waals surface area (Å²) >= 11 is 0. The van der Waals surface area contributed by atoms with Gasteiger partial charge in [0.05, 0.1) is 14.2 Å². The van der Waals surface area contributed by atoms with E-state index in [-0.39, 0.29) is 0 Å². The molecule has 0 radical (unpaired) electrons. The van der Waals surface area contributed by atoms with Crippen molar-refractivity contribution in [3.63, 3.8) is 0 Å². The van der Waals surface area contributed by atoms with Crippen LogP contribution in [0.5, 0.6) is 11.6 Å². The van der Waals surface area contributed by atoms with Crippen molar-refractivity contribution in [2.45, 2.75) is 25.3 Å². The van der Waals surface area contributed by atoms with Crippen LogP contribution in [0.4, 0.5) is 0 Å². The largest absolute Gasteiger partial charge is 0.496 e. The Kier molecular flexibility index (Phi) is 3.62. The summed E-state index contributed by atoms with van der Waals surface area (Å²) < 4.78 is 10.5. The maximum absolute atomic E-state index is 5.38. The molecule has 0 bridgehead atoms. The third-order valence-electron chi connectivity index (χ3n) is 2.98. The van der Waals surface area contributed by atoms with Gasteiger partial charge in [0.25, 0.3) is 0 Å². The van der Waals surface area contributed by atoms with Crippen molar-refractivity contribution >= 4 is 0 Å². The topological polar surface area (TPSA) is 43.4 Å². The van der Waals surface area contributed by atoms with Crippen LogP contribution in [0.1, 0.15) is 30.9 Å². The third-order valence-corrected chi connectivity index (χ3v) is 2.98. The molecule has 2 rings (SSSR count). The Morgan fingerprint density at radius 1 is 1.31 bits per heavy atom. The number of rotatable bonds is 3. The van der Waals surface area contributed by atoms with E-state index >= 15 is 0 Å². The number of nitrogens with one attached hydrogen (secondary N) is 1. The average Bonchev–Trinajstić information content (AvgIpc) is 2.39. The van der Waals surface area contributed by atoms with Crippen molar-refractivity contribution in [3.05, 3.63) is 17.8 Å². The zero-order valence-electron chi connectivity index (χ0n) is 9.82. The number of methoxy groups -OCH3 is 2. The van der Waals surface area contributed by atoms with Crippen LogP contribution in [0.2, 0.25) is 0 Å². The maximum Gasteiger partial charge on any atom is 0.216 e. The van der Waals surface area contributed by atoms with Gasteiger partial charge in [0.15, 0.2) is 0 Å². The molecule has 0 aliphatic carbocycles. The molecule has 16 heavy (non-hydrogen) atoms. The fraction of sp³-hybridized carbons (Fsp3) is 0.583. The van der Waals surface area contributed by atoms with Gasteiger partial charge in [0, 0.05) is 23.9 Å². The molecule has 4 heteroatoms. The summed E-state index contributed by atoms with van der Waals surface area (Å²) in [7, 11) is 3.29. The molecule has 1 fully saturated rings. The number of hydrogen-bond acceptors (Lipinski definition) is 4. The van der Waals surface area contributed by atoms with Crippen molar-refractivity contribution < 1.29 is 9.47 Å². The molecule has 4 nitrogen and oxygen atoms in total. The molecule has 0 saturated carbocycles. The number of piperidine rings is 1. The molecule has 1 N–H and O–H groups in total. The molecule has 1 aromatic heterocycles. The van der Waals surface area contributed by atoms with E-state index in [1.54, 1.807) is 14.2 Å². The highest BCUT2D eigenvalue weighted by Gasteiger charge is 2.19. The third kappa shape index (κ3) is 2.27. The van der Waals surface area contributed by atoms with Crippen molar-refractivity contribution in [2.75, 3.05) is 20.8 Å². The van der Waals surface area contributed by atoms with E-state index in [0.29, 0.717) is 11.9 Å². The van der Waals surface area contributed by atoms with Crippen LogP contribution < -0.4 is 14.8 Å². The number of aromatic nitrogens is 1. The molecule has 0 aromatic carbocycles. The molecule has 1 aromatic rings. The Labute approximate surface area is 96.0 Å². The molecule has 1 saturated heterocycles. The monoisotopic (exact) mass is 222 g/mol. The maximum atomic E-state index is 5.38. The minimum Gasteiger partial charge on any atom is -0.496 e. The molecule has 1 aliphatic heterocycles. The molecule has 1 aliphatic rings. The lowest BCUT2D eigenvalue weighted by atomic mass is 9.98. The highest BCUT2D eigenvalue weighted by atomic mass is 16.5. The Bertz CT molecular complexity index is 349. The highest BCUT2D eigenvalue weighted by molar-refractivity contribution is 5.37. The van der Waals surface area contributed by atoms with E-state index in [2.05, 4.69) is 10.3 Å². The Hall–Kier alpha value is -1.29. The molecule has 88 valence electrons. The molecule has 0 amide bonds. The summed E-state index contributed by atoms with van der Waals surface area (Å²) in [6, 6.07) is 2.20. The Balaban J connectivity index is 2.24. The fourth-order valence-corrected chi connectivity index (χ4v) is 2.10. The van der Waals surface area contributed by atoms with E-state index in [1.807, 2.05) is 12.3 Å². The van der Waals surface area contributed by atoms with E-state index in [1.165, 1.54) is 12.8 Å². The quantitative estimate of drug-likeness (QED) is 0.848. The molecule has 0 spiro atoms. The van der Waals surface area contributed by atoms with Gasteiger partial charge in [-0.2, -0.15) is 0 Å². The number of ether oxygens (including phenoxy) is 2. The first kappa shape index (κ1) is 11.2. The van der Waals surface area contributed by atoms with Crippen molar-refractivity contribution in [2.24, 2.45) is 0 Å². The SMILES string of the molecule is COc1cc(OC)c(C2CCCCN2)cn1. The van der Waals surface area contributed by atoms with Gasteiger partial charge in [-0.15, -0.1) is 0 Å². The zero-order chi connectivity index (χ0) is 11.4. The van der Waals surface area contributed by atoms with E-state index in [0.717, 1.165) is 24.3 Å². The van der Waals surface area contributed by atoms with Gasteiger partial charge in [-0.05, 0) is 19.4 Å². The van der Waals surface area contributed by atoms with Gasteiger partial charge in [-0.1, -0.05) is 6.42 Å². The first-order chi connectivity index (χ1) is 7.85. The summed E-state index contributed by atoms with van der Waals surface area (Å²) in [4.78, 5) is 4.24. The predicted molar refractivity (Wildman–Crippen MR) is 61.9 cm³/mol. The van der Waals surface area contributed by atoms with E-state index in [4.69, 9.17) is 9.47 Å². The predicted octanol–water partition coefficient (Wildman–Crippen LogP) is 1.91. The number of hydrogen-bond donors (Lipinski definition) is 1. The molecule has 1 atom stereocenters. The molecular formula is C12H18N2O2. The van der Waals surface area contributed by atoms with Crippen molar-refractivity contribution in [1.29, 1.82) is 0 Å². The smallest absolute Gasteiger partial charge is 0.216 e. The van der Waals surface area contributed by atoms with Gasteiger partial charge in [0.2, 0.25) is 5.88 Å². The van der Waals surface area contributed by atoms with Crippen LogP contribution in [0.3, 0.4) is 0 Å². The lowest BCUT2D eigenvalue weighted by Gasteiger charge is -2.25. The Morgan fingerprint density at radius 3 is 2.81 bits per heavy atom. The van der Waals surface area contributed by atoms with Gasteiger partial charge in [-0.25, -0.2) is 4.98 Å². The first-order valence-corrected chi connectivity index (χ1v) is 5.66. The lowest BCUT2D eigenvalue weighted by molar-refractivity contribution is 0.360. The minimum absolute atomic E-state index is 0.363. The van der Waals surface area contributed by atoms with Crippen LogP contribution >= 0.6 is 0 Å². The minimum atomic E-state index is 0.363. The second-order valence-corrected chi connectivity index (χ2v) is 3.97. The van der Waals surface area contributed by atoms with Crippen LogP contribution in [-0.2, 0) is 0 Å². The average molecular weight is 222 g/mol. The number of pyridine rings is 1. The standard InChI is InChI=1S/C12H18N2O2/c1-15-11-7-12(16-2)14-8-9(11)10-5-3-4-6-13-10/h7-8,10,13H,3-6H2,1-2H3. The zero-order valence-corrected chi connectivity index (χ0v) is 9.82. The van der Waals surface area contributed by atoms with Gasteiger partial charge < -0.3 is 14.8 Å². The van der Waals surface area contributed by atoms with Gasteiger partial charge in [0.1, 0.15) is 5.75 Å². The summed E-state index contributed by atoms with van der Waals surface area (Å²) in [5.74, 6) is 1.45. The summed E-state index contributed by atoms with van der Waals surface area (Å²) in [5.41, 5.74) is 1.13. The summed E-state index contributed by atoms with van der Waals surface area (Å²) in [6.45, 7) is 1.07.